The molecule has 0 aromatic heterocycles. The van der Waals surface area contributed by atoms with E-state index in [4.69, 9.17) is 15.2 Å². The first kappa shape index (κ1) is 10.9. The lowest BCUT2D eigenvalue weighted by Gasteiger charge is -2.52. The standard InChI is InChI=1S/C10H18N2O3/c1-14-5-7(13)12-9-8(11)6-3-2-4-15-10(6)9/h6,8-10H,2-5,11H2,1H3,(H,12,13). The molecule has 1 saturated heterocycles. The maximum Gasteiger partial charge on any atom is 0.246 e. The van der Waals surface area contributed by atoms with E-state index in [1.165, 1.54) is 7.11 Å². The maximum atomic E-state index is 11.3. The Morgan fingerprint density at radius 2 is 2.47 bits per heavy atom. The average molecular weight is 214 g/mol. The van der Waals surface area contributed by atoms with Crippen LogP contribution in [0.15, 0.2) is 0 Å². The molecular formula is C10H18N2O3. The van der Waals surface area contributed by atoms with Crippen molar-refractivity contribution in [2.75, 3.05) is 20.3 Å². The zero-order valence-corrected chi connectivity index (χ0v) is 8.94. The van der Waals surface area contributed by atoms with Crippen LogP contribution in [0.3, 0.4) is 0 Å². The van der Waals surface area contributed by atoms with Crippen LogP contribution >= 0.6 is 0 Å². The lowest BCUT2D eigenvalue weighted by Crippen LogP contribution is -2.72. The highest BCUT2D eigenvalue weighted by atomic mass is 16.5. The van der Waals surface area contributed by atoms with E-state index in [0.717, 1.165) is 19.4 Å². The zero-order chi connectivity index (χ0) is 10.8. The normalized spacial score (nSPS) is 39.1. The summed E-state index contributed by atoms with van der Waals surface area (Å²) in [7, 11) is 1.50. The highest BCUT2D eigenvalue weighted by Crippen LogP contribution is 2.36. The van der Waals surface area contributed by atoms with Crippen LogP contribution in [0.5, 0.6) is 0 Å². The number of nitrogens with two attached hydrogens (primary N) is 1. The summed E-state index contributed by atoms with van der Waals surface area (Å²) in [4.78, 5) is 11.3. The van der Waals surface area contributed by atoms with Crippen LogP contribution < -0.4 is 11.1 Å². The first-order valence-electron chi connectivity index (χ1n) is 5.39. The fraction of sp³-hybridized carbons (Fsp3) is 0.900. The minimum atomic E-state index is -0.120. The number of hydrogen-bond donors (Lipinski definition) is 2. The van der Waals surface area contributed by atoms with Crippen LogP contribution in [0.4, 0.5) is 0 Å². The van der Waals surface area contributed by atoms with Gasteiger partial charge in [0.1, 0.15) is 6.61 Å². The zero-order valence-electron chi connectivity index (χ0n) is 8.94. The van der Waals surface area contributed by atoms with Gasteiger partial charge < -0.3 is 20.5 Å². The van der Waals surface area contributed by atoms with Crippen molar-refractivity contribution in [1.82, 2.24) is 5.32 Å². The Labute approximate surface area is 89.3 Å². The Morgan fingerprint density at radius 1 is 1.67 bits per heavy atom. The predicted octanol–water partition coefficient (Wildman–Crippen LogP) is -0.746. The Hall–Kier alpha value is -0.650. The number of rotatable bonds is 3. The van der Waals surface area contributed by atoms with Crippen LogP contribution in [0.25, 0.3) is 0 Å². The summed E-state index contributed by atoms with van der Waals surface area (Å²) in [5, 5.41) is 2.85. The highest BCUT2D eigenvalue weighted by Gasteiger charge is 2.50. The molecule has 4 unspecified atom stereocenters. The molecule has 1 amide bonds. The number of nitrogens with one attached hydrogen (secondary N) is 1. The van der Waals surface area contributed by atoms with Crippen molar-refractivity contribution >= 4 is 5.91 Å². The van der Waals surface area contributed by atoms with Crippen molar-refractivity contribution in [3.05, 3.63) is 0 Å². The van der Waals surface area contributed by atoms with Crippen molar-refractivity contribution in [2.24, 2.45) is 11.7 Å². The minimum absolute atomic E-state index is 0.0297. The van der Waals surface area contributed by atoms with E-state index in [9.17, 15) is 4.79 Å². The van der Waals surface area contributed by atoms with Crippen molar-refractivity contribution in [3.63, 3.8) is 0 Å². The monoisotopic (exact) mass is 214 g/mol. The summed E-state index contributed by atoms with van der Waals surface area (Å²) in [6.45, 7) is 0.866. The van der Waals surface area contributed by atoms with E-state index in [1.807, 2.05) is 0 Å². The molecule has 1 aliphatic heterocycles. The third-order valence-electron chi connectivity index (χ3n) is 3.28. The molecule has 2 rings (SSSR count). The van der Waals surface area contributed by atoms with Gasteiger partial charge in [0.05, 0.1) is 12.1 Å². The van der Waals surface area contributed by atoms with Gasteiger partial charge in [-0.3, -0.25) is 4.79 Å². The molecule has 2 fully saturated rings. The van der Waals surface area contributed by atoms with Crippen molar-refractivity contribution < 1.29 is 14.3 Å². The Kier molecular flexibility index (Phi) is 3.23. The molecule has 4 atom stereocenters. The smallest absolute Gasteiger partial charge is 0.246 e. The van der Waals surface area contributed by atoms with Gasteiger partial charge in [0.2, 0.25) is 5.91 Å². The molecule has 1 saturated carbocycles. The molecule has 86 valence electrons. The summed E-state index contributed by atoms with van der Waals surface area (Å²) in [6.07, 6.45) is 2.31. The molecule has 1 heterocycles. The topological polar surface area (TPSA) is 73.6 Å². The number of carbonyl (C=O) groups excluding carboxylic acids is 1. The summed E-state index contributed by atoms with van der Waals surface area (Å²) in [6, 6.07) is 0.00839. The number of fused-ring (bicyclic) bond motifs is 1. The number of hydrogen-bond acceptors (Lipinski definition) is 4. The van der Waals surface area contributed by atoms with E-state index in [1.54, 1.807) is 0 Å². The van der Waals surface area contributed by atoms with Crippen LogP contribution in [0.1, 0.15) is 12.8 Å². The lowest BCUT2D eigenvalue weighted by atomic mass is 9.68. The van der Waals surface area contributed by atoms with Gasteiger partial charge in [-0.15, -0.1) is 0 Å². The van der Waals surface area contributed by atoms with Gasteiger partial charge in [-0.2, -0.15) is 0 Å². The number of ether oxygens (including phenoxy) is 2. The van der Waals surface area contributed by atoms with Crippen molar-refractivity contribution in [3.8, 4) is 0 Å². The van der Waals surface area contributed by atoms with Crippen LogP contribution in [0, 0.1) is 5.92 Å². The van der Waals surface area contributed by atoms with Gasteiger partial charge in [0, 0.05) is 25.7 Å². The van der Waals surface area contributed by atoms with E-state index in [0.29, 0.717) is 5.92 Å². The molecule has 3 N–H and O–H groups in total. The molecule has 0 bridgehead atoms. The molecular weight excluding hydrogens is 196 g/mol. The summed E-state index contributed by atoms with van der Waals surface area (Å²) in [5.74, 6) is 0.303. The maximum absolute atomic E-state index is 11.3. The fourth-order valence-electron chi connectivity index (χ4n) is 2.48. The first-order chi connectivity index (χ1) is 7.24. The summed E-state index contributed by atoms with van der Waals surface area (Å²) < 4.78 is 10.4. The molecule has 0 spiro atoms. The van der Waals surface area contributed by atoms with Gasteiger partial charge in [-0.25, -0.2) is 0 Å². The Balaban J connectivity index is 1.85. The van der Waals surface area contributed by atoms with E-state index < -0.39 is 0 Å². The second kappa shape index (κ2) is 4.47. The molecule has 5 nitrogen and oxygen atoms in total. The molecule has 1 aliphatic carbocycles. The SMILES string of the molecule is COCC(=O)NC1C(N)C2CCCOC21. The molecule has 0 radical (unpaired) electrons. The van der Waals surface area contributed by atoms with Gasteiger partial charge >= 0.3 is 0 Å². The molecule has 2 aliphatic rings. The van der Waals surface area contributed by atoms with Gasteiger partial charge in [0.15, 0.2) is 0 Å². The quantitative estimate of drug-likeness (QED) is 0.648. The molecule has 0 aromatic carbocycles. The summed E-state index contributed by atoms with van der Waals surface area (Å²) in [5.41, 5.74) is 5.99. The minimum Gasteiger partial charge on any atom is -0.376 e. The second-order valence-corrected chi connectivity index (χ2v) is 4.25. The number of methoxy groups -OCH3 is 1. The molecule has 15 heavy (non-hydrogen) atoms. The van der Waals surface area contributed by atoms with E-state index >= 15 is 0 Å². The van der Waals surface area contributed by atoms with E-state index in [2.05, 4.69) is 5.32 Å². The third kappa shape index (κ3) is 2.00. The van der Waals surface area contributed by atoms with Gasteiger partial charge in [-0.05, 0) is 12.8 Å². The lowest BCUT2D eigenvalue weighted by molar-refractivity contribution is -0.141. The molecule has 0 aromatic rings. The summed E-state index contributed by atoms with van der Waals surface area (Å²) >= 11 is 0. The van der Waals surface area contributed by atoms with Crippen molar-refractivity contribution in [2.45, 2.75) is 31.0 Å². The number of carbonyl (C=O) groups is 1. The second-order valence-electron chi connectivity index (χ2n) is 4.25. The van der Waals surface area contributed by atoms with E-state index in [-0.39, 0.29) is 30.7 Å². The van der Waals surface area contributed by atoms with Crippen LogP contribution in [0.2, 0.25) is 0 Å². The van der Waals surface area contributed by atoms with Crippen LogP contribution in [-0.2, 0) is 14.3 Å². The largest absolute Gasteiger partial charge is 0.376 e. The Bertz CT molecular complexity index is 247. The van der Waals surface area contributed by atoms with Gasteiger partial charge in [0.25, 0.3) is 0 Å². The van der Waals surface area contributed by atoms with Crippen molar-refractivity contribution in [1.29, 1.82) is 0 Å². The fourth-order valence-corrected chi connectivity index (χ4v) is 2.48. The number of amides is 1. The third-order valence-corrected chi connectivity index (χ3v) is 3.28. The van der Waals surface area contributed by atoms with Gasteiger partial charge in [-0.1, -0.05) is 0 Å². The average Bonchev–Trinajstić information content (AvgIpc) is 2.26. The molecule has 5 heteroatoms. The Morgan fingerprint density at radius 3 is 3.20 bits per heavy atom. The first-order valence-corrected chi connectivity index (χ1v) is 5.39. The van der Waals surface area contributed by atoms with Crippen LogP contribution in [-0.4, -0.2) is 44.4 Å². The predicted molar refractivity (Wildman–Crippen MR) is 54.2 cm³/mol. The highest BCUT2D eigenvalue weighted by molar-refractivity contribution is 5.77.